The van der Waals surface area contributed by atoms with Crippen molar-refractivity contribution >= 4 is 23.2 Å². The Hall–Kier alpha value is -3.23. The number of thiazole rings is 1. The van der Waals surface area contributed by atoms with Crippen molar-refractivity contribution in [1.29, 1.82) is 0 Å². The van der Waals surface area contributed by atoms with Crippen LogP contribution in [-0.4, -0.2) is 59.4 Å². The number of carbonyl (C=O) groups is 2. The number of morpholine rings is 1. The van der Waals surface area contributed by atoms with Crippen LogP contribution >= 0.6 is 11.3 Å². The van der Waals surface area contributed by atoms with Gasteiger partial charge in [0.2, 0.25) is 5.91 Å². The summed E-state index contributed by atoms with van der Waals surface area (Å²) in [6, 6.07) is 16.3. The predicted octanol–water partition coefficient (Wildman–Crippen LogP) is 4.08. The van der Waals surface area contributed by atoms with E-state index in [1.807, 2.05) is 24.3 Å². The van der Waals surface area contributed by atoms with Crippen LogP contribution in [0.4, 0.5) is 0 Å². The molecule has 1 atom stereocenters. The number of hydrogen-bond acceptors (Lipinski definition) is 6. The third-order valence-corrected chi connectivity index (χ3v) is 7.92. The van der Waals surface area contributed by atoms with Gasteiger partial charge in [0, 0.05) is 30.9 Å². The van der Waals surface area contributed by atoms with Crippen LogP contribution in [0, 0.1) is 5.92 Å². The number of nitrogens with zero attached hydrogens (tertiary/aromatic N) is 3. The Labute approximate surface area is 214 Å². The first-order valence-electron chi connectivity index (χ1n) is 12.6. The highest BCUT2D eigenvalue weighted by atomic mass is 32.1. The number of aromatic nitrogens is 1. The first kappa shape index (κ1) is 23.2. The van der Waals surface area contributed by atoms with E-state index in [-0.39, 0.29) is 23.8 Å². The third kappa shape index (κ3) is 4.75. The van der Waals surface area contributed by atoms with Gasteiger partial charge in [0.15, 0.2) is 0 Å². The summed E-state index contributed by atoms with van der Waals surface area (Å²) in [7, 11) is 0. The molecule has 3 heterocycles. The van der Waals surface area contributed by atoms with Gasteiger partial charge < -0.3 is 19.3 Å². The molecule has 0 radical (unpaired) electrons. The van der Waals surface area contributed by atoms with Gasteiger partial charge in [-0.25, -0.2) is 4.98 Å². The molecule has 36 heavy (non-hydrogen) atoms. The number of carbonyl (C=O) groups excluding carboxylic acids is 2. The molecular weight excluding hydrogens is 474 g/mol. The van der Waals surface area contributed by atoms with Gasteiger partial charge in [-0.05, 0) is 48.1 Å². The molecule has 7 nitrogen and oxygen atoms in total. The van der Waals surface area contributed by atoms with Crippen molar-refractivity contribution < 1.29 is 19.1 Å². The Morgan fingerprint density at radius 2 is 1.86 bits per heavy atom. The zero-order chi connectivity index (χ0) is 24.5. The molecule has 0 spiro atoms. The Balaban J connectivity index is 1.20. The second-order valence-electron chi connectivity index (χ2n) is 9.55. The van der Waals surface area contributed by atoms with E-state index in [4.69, 9.17) is 9.47 Å². The minimum Gasteiger partial charge on any atom is -0.486 e. The van der Waals surface area contributed by atoms with Gasteiger partial charge in [-0.2, -0.15) is 0 Å². The normalized spacial score (nSPS) is 19.6. The summed E-state index contributed by atoms with van der Waals surface area (Å²) >= 11 is 1.43. The van der Waals surface area contributed by atoms with E-state index in [1.54, 1.807) is 10.3 Å². The van der Waals surface area contributed by atoms with E-state index in [1.165, 1.54) is 16.9 Å². The van der Waals surface area contributed by atoms with Gasteiger partial charge in [-0.1, -0.05) is 36.4 Å². The van der Waals surface area contributed by atoms with Crippen LogP contribution in [-0.2, 0) is 22.6 Å². The predicted molar refractivity (Wildman–Crippen MR) is 136 cm³/mol. The van der Waals surface area contributed by atoms with Gasteiger partial charge in [0.25, 0.3) is 5.91 Å². The Bertz CT molecular complexity index is 1250. The highest BCUT2D eigenvalue weighted by Crippen LogP contribution is 2.41. The summed E-state index contributed by atoms with van der Waals surface area (Å²) in [5, 5.41) is 2.56. The monoisotopic (exact) mass is 503 g/mol. The molecule has 1 saturated heterocycles. The van der Waals surface area contributed by atoms with Crippen molar-refractivity contribution in [3.05, 3.63) is 81.3 Å². The Morgan fingerprint density at radius 1 is 1.06 bits per heavy atom. The van der Waals surface area contributed by atoms with E-state index >= 15 is 0 Å². The third-order valence-electron chi connectivity index (χ3n) is 7.10. The lowest BCUT2D eigenvalue weighted by molar-refractivity contribution is -0.134. The number of fused-ring (bicyclic) bond motifs is 1. The summed E-state index contributed by atoms with van der Waals surface area (Å²) in [4.78, 5) is 34.2. The molecule has 186 valence electrons. The van der Waals surface area contributed by atoms with Gasteiger partial charge >= 0.3 is 0 Å². The van der Waals surface area contributed by atoms with Crippen molar-refractivity contribution in [1.82, 2.24) is 14.8 Å². The number of ether oxygens (including phenoxy) is 2. The molecule has 0 bridgehead atoms. The molecule has 2 aromatic carbocycles. The van der Waals surface area contributed by atoms with Gasteiger partial charge in [0.1, 0.15) is 23.1 Å². The quantitative estimate of drug-likeness (QED) is 0.507. The van der Waals surface area contributed by atoms with Crippen LogP contribution in [0.1, 0.15) is 51.1 Å². The molecule has 1 unspecified atom stereocenters. The first-order valence-corrected chi connectivity index (χ1v) is 13.5. The second kappa shape index (κ2) is 10.0. The number of amides is 2. The van der Waals surface area contributed by atoms with Crippen molar-refractivity contribution in [2.75, 3.05) is 32.8 Å². The lowest BCUT2D eigenvalue weighted by atomic mass is 9.87. The van der Waals surface area contributed by atoms with Gasteiger partial charge in [0.05, 0.1) is 19.3 Å². The summed E-state index contributed by atoms with van der Waals surface area (Å²) in [6.45, 7) is 3.36. The standard InChI is InChI=1S/C28H29N3O4S/c32-27(21-6-7-21)31-11-10-19-8-9-22(16-23(19)26(31)20-4-2-1-3-5-20)35-17-25-29-24(18-36-25)28(33)30-12-14-34-15-13-30/h1-5,8-9,16,18,21,26H,6-7,10-15,17H2. The SMILES string of the molecule is O=C(c1csc(COc2ccc3c(c2)C(c2ccccc2)N(C(=O)C2CC2)CC3)n1)N1CCOCC1. The van der Waals surface area contributed by atoms with E-state index in [2.05, 4.69) is 34.1 Å². The molecular formula is C28H29N3O4S. The van der Waals surface area contributed by atoms with E-state index in [0.717, 1.165) is 47.7 Å². The molecule has 2 fully saturated rings. The summed E-state index contributed by atoms with van der Waals surface area (Å²) in [5.74, 6) is 1.13. The molecule has 6 rings (SSSR count). The van der Waals surface area contributed by atoms with Crippen LogP contribution in [0.3, 0.4) is 0 Å². The fourth-order valence-corrected chi connectivity index (χ4v) is 5.71. The number of rotatable bonds is 6. The Morgan fingerprint density at radius 3 is 2.64 bits per heavy atom. The zero-order valence-electron chi connectivity index (χ0n) is 20.1. The molecule has 2 amide bonds. The topological polar surface area (TPSA) is 72.0 Å². The summed E-state index contributed by atoms with van der Waals surface area (Å²) < 4.78 is 11.5. The average Bonchev–Trinajstić information content (AvgIpc) is 3.68. The summed E-state index contributed by atoms with van der Waals surface area (Å²) in [6.07, 6.45) is 2.84. The van der Waals surface area contributed by atoms with Gasteiger partial charge in [-0.15, -0.1) is 11.3 Å². The fraction of sp³-hybridized carbons (Fsp3) is 0.393. The molecule has 1 aromatic heterocycles. The molecule has 0 N–H and O–H groups in total. The second-order valence-corrected chi connectivity index (χ2v) is 10.5. The van der Waals surface area contributed by atoms with Crippen molar-refractivity contribution in [3.8, 4) is 5.75 Å². The average molecular weight is 504 g/mol. The molecule has 1 aliphatic carbocycles. The van der Waals surface area contributed by atoms with Crippen LogP contribution in [0.25, 0.3) is 0 Å². The van der Waals surface area contributed by atoms with E-state index < -0.39 is 0 Å². The summed E-state index contributed by atoms with van der Waals surface area (Å²) in [5.41, 5.74) is 3.96. The molecule has 8 heteroatoms. The number of hydrogen-bond donors (Lipinski definition) is 0. The zero-order valence-corrected chi connectivity index (χ0v) is 20.9. The highest BCUT2D eigenvalue weighted by molar-refractivity contribution is 7.09. The first-order chi connectivity index (χ1) is 17.7. The van der Waals surface area contributed by atoms with Crippen molar-refractivity contribution in [2.45, 2.75) is 31.9 Å². The highest BCUT2D eigenvalue weighted by Gasteiger charge is 2.39. The fourth-order valence-electron chi connectivity index (χ4n) is 5.03. The maximum Gasteiger partial charge on any atom is 0.273 e. The smallest absolute Gasteiger partial charge is 0.273 e. The maximum absolute atomic E-state index is 13.2. The van der Waals surface area contributed by atoms with Gasteiger partial charge in [-0.3, -0.25) is 9.59 Å². The van der Waals surface area contributed by atoms with Crippen LogP contribution < -0.4 is 4.74 Å². The van der Waals surface area contributed by atoms with Crippen molar-refractivity contribution in [3.63, 3.8) is 0 Å². The number of benzene rings is 2. The largest absolute Gasteiger partial charge is 0.486 e. The molecule has 2 aliphatic heterocycles. The lowest BCUT2D eigenvalue weighted by Gasteiger charge is -2.38. The molecule has 1 saturated carbocycles. The van der Waals surface area contributed by atoms with Crippen LogP contribution in [0.15, 0.2) is 53.9 Å². The van der Waals surface area contributed by atoms with E-state index in [9.17, 15) is 9.59 Å². The van der Waals surface area contributed by atoms with Crippen molar-refractivity contribution in [2.24, 2.45) is 5.92 Å². The van der Waals surface area contributed by atoms with Crippen LogP contribution in [0.5, 0.6) is 5.75 Å². The minimum absolute atomic E-state index is 0.0549. The minimum atomic E-state index is -0.107. The van der Waals surface area contributed by atoms with Crippen LogP contribution in [0.2, 0.25) is 0 Å². The maximum atomic E-state index is 13.2. The van der Waals surface area contributed by atoms with E-state index in [0.29, 0.717) is 38.6 Å². The molecule has 3 aliphatic rings. The Kier molecular flexibility index (Phi) is 6.46. The lowest BCUT2D eigenvalue weighted by Crippen LogP contribution is -2.41. The molecule has 3 aromatic rings.